The largest absolute Gasteiger partial charge is 0.407 e. The van der Waals surface area contributed by atoms with Crippen molar-refractivity contribution in [1.82, 2.24) is 15.5 Å². The van der Waals surface area contributed by atoms with E-state index in [2.05, 4.69) is 20.8 Å². The molecular weight excluding hydrogens is 236 g/mol. The van der Waals surface area contributed by atoms with E-state index in [9.17, 15) is 0 Å². The summed E-state index contributed by atoms with van der Waals surface area (Å²) in [6.07, 6.45) is 2.33. The Balaban J connectivity index is 1.66. The standard InChI is InChI=1S/C11H20N4O3/c1-16-4-3-12-7-10-14-15-11(18-10)13-8-5-9(6-8)17-2/h8-9,12H,3-7H2,1-2H3,(H,13,15). The average molecular weight is 256 g/mol. The first kappa shape index (κ1) is 13.3. The van der Waals surface area contributed by atoms with Crippen molar-refractivity contribution >= 4 is 6.01 Å². The summed E-state index contributed by atoms with van der Waals surface area (Å²) in [7, 11) is 3.40. The molecule has 102 valence electrons. The molecule has 0 amide bonds. The van der Waals surface area contributed by atoms with E-state index in [1.165, 1.54) is 0 Å². The van der Waals surface area contributed by atoms with Crippen molar-refractivity contribution < 1.29 is 13.9 Å². The van der Waals surface area contributed by atoms with Gasteiger partial charge >= 0.3 is 6.01 Å². The van der Waals surface area contributed by atoms with Crippen molar-refractivity contribution in [1.29, 1.82) is 0 Å². The molecule has 0 bridgehead atoms. The van der Waals surface area contributed by atoms with Gasteiger partial charge in [-0.15, -0.1) is 5.10 Å². The highest BCUT2D eigenvalue weighted by atomic mass is 16.5. The van der Waals surface area contributed by atoms with Crippen molar-refractivity contribution in [3.05, 3.63) is 5.89 Å². The van der Waals surface area contributed by atoms with Crippen LogP contribution in [-0.2, 0) is 16.0 Å². The first-order valence-electron chi connectivity index (χ1n) is 6.13. The monoisotopic (exact) mass is 256 g/mol. The molecule has 18 heavy (non-hydrogen) atoms. The van der Waals surface area contributed by atoms with Gasteiger partial charge in [-0.3, -0.25) is 0 Å². The number of nitrogens with one attached hydrogen (secondary N) is 2. The van der Waals surface area contributed by atoms with Crippen LogP contribution in [0.1, 0.15) is 18.7 Å². The van der Waals surface area contributed by atoms with Crippen molar-refractivity contribution in [3.63, 3.8) is 0 Å². The lowest BCUT2D eigenvalue weighted by atomic mass is 9.89. The molecule has 1 fully saturated rings. The van der Waals surface area contributed by atoms with Gasteiger partial charge in [0.25, 0.3) is 0 Å². The molecule has 7 nitrogen and oxygen atoms in total. The van der Waals surface area contributed by atoms with Crippen molar-refractivity contribution in [2.24, 2.45) is 0 Å². The maximum atomic E-state index is 5.46. The van der Waals surface area contributed by atoms with Crippen molar-refractivity contribution in [3.8, 4) is 0 Å². The van der Waals surface area contributed by atoms with Gasteiger partial charge in [0.2, 0.25) is 5.89 Å². The molecule has 7 heteroatoms. The van der Waals surface area contributed by atoms with Gasteiger partial charge < -0.3 is 24.5 Å². The van der Waals surface area contributed by atoms with Crippen molar-refractivity contribution in [2.45, 2.75) is 31.5 Å². The zero-order chi connectivity index (χ0) is 12.8. The van der Waals surface area contributed by atoms with Crippen LogP contribution in [0, 0.1) is 0 Å². The molecule has 0 saturated heterocycles. The van der Waals surface area contributed by atoms with E-state index in [-0.39, 0.29) is 0 Å². The van der Waals surface area contributed by atoms with Crippen LogP contribution in [0.3, 0.4) is 0 Å². The maximum Gasteiger partial charge on any atom is 0.315 e. The minimum absolute atomic E-state index is 0.362. The van der Waals surface area contributed by atoms with Crippen LogP contribution in [-0.4, -0.2) is 49.7 Å². The Hall–Kier alpha value is -1.18. The van der Waals surface area contributed by atoms with Crippen molar-refractivity contribution in [2.75, 3.05) is 32.7 Å². The SMILES string of the molecule is COCCNCc1nnc(NC2CC(OC)C2)o1. The Bertz CT molecular complexity index is 352. The molecule has 1 aromatic rings. The van der Waals surface area contributed by atoms with Crippen LogP contribution >= 0.6 is 0 Å². The number of aromatic nitrogens is 2. The maximum absolute atomic E-state index is 5.46. The van der Waals surface area contributed by atoms with E-state index >= 15 is 0 Å². The lowest BCUT2D eigenvalue weighted by Gasteiger charge is -2.33. The van der Waals surface area contributed by atoms with Gasteiger partial charge in [0, 0.05) is 26.8 Å². The molecule has 1 aliphatic carbocycles. The number of rotatable bonds is 8. The number of anilines is 1. The summed E-state index contributed by atoms with van der Waals surface area (Å²) in [4.78, 5) is 0. The van der Waals surface area contributed by atoms with Crippen LogP contribution in [0.5, 0.6) is 0 Å². The zero-order valence-corrected chi connectivity index (χ0v) is 10.8. The fourth-order valence-corrected chi connectivity index (χ4v) is 1.80. The van der Waals surface area contributed by atoms with Crippen LogP contribution in [0.25, 0.3) is 0 Å². The Morgan fingerprint density at radius 3 is 2.89 bits per heavy atom. The molecule has 1 heterocycles. The van der Waals surface area contributed by atoms with E-state index in [4.69, 9.17) is 13.9 Å². The summed E-state index contributed by atoms with van der Waals surface area (Å²) in [5, 5.41) is 14.2. The highest BCUT2D eigenvalue weighted by Gasteiger charge is 2.29. The van der Waals surface area contributed by atoms with Crippen LogP contribution < -0.4 is 10.6 Å². The first-order chi connectivity index (χ1) is 8.81. The third kappa shape index (κ3) is 3.66. The quantitative estimate of drug-likeness (QED) is 0.651. The third-order valence-corrected chi connectivity index (χ3v) is 2.98. The summed E-state index contributed by atoms with van der Waals surface area (Å²) in [5.74, 6) is 0.580. The summed E-state index contributed by atoms with van der Waals surface area (Å²) in [6, 6.07) is 0.864. The summed E-state index contributed by atoms with van der Waals surface area (Å²) >= 11 is 0. The first-order valence-corrected chi connectivity index (χ1v) is 6.13. The van der Waals surface area contributed by atoms with Crippen LogP contribution in [0.15, 0.2) is 4.42 Å². The van der Waals surface area contributed by atoms with Crippen LogP contribution in [0.2, 0.25) is 0 Å². The second-order valence-electron chi connectivity index (χ2n) is 4.34. The molecule has 2 rings (SSSR count). The lowest BCUT2D eigenvalue weighted by Crippen LogP contribution is -2.40. The van der Waals surface area contributed by atoms with Gasteiger partial charge in [-0.1, -0.05) is 5.10 Å². The van der Waals surface area contributed by atoms with Gasteiger partial charge in [-0.2, -0.15) is 0 Å². The molecular formula is C11H20N4O3. The third-order valence-electron chi connectivity index (χ3n) is 2.98. The second-order valence-corrected chi connectivity index (χ2v) is 4.34. The Labute approximate surface area is 106 Å². The topological polar surface area (TPSA) is 81.4 Å². The minimum Gasteiger partial charge on any atom is -0.407 e. The molecule has 0 unspecified atom stereocenters. The number of ether oxygens (including phenoxy) is 2. The fourth-order valence-electron chi connectivity index (χ4n) is 1.80. The van der Waals surface area contributed by atoms with Gasteiger partial charge in [-0.05, 0) is 12.8 Å². The molecule has 1 aromatic heterocycles. The molecule has 1 aliphatic rings. The number of hydrogen-bond acceptors (Lipinski definition) is 7. The predicted molar refractivity (Wildman–Crippen MR) is 65.3 cm³/mol. The zero-order valence-electron chi connectivity index (χ0n) is 10.8. The number of hydrogen-bond donors (Lipinski definition) is 2. The van der Waals surface area contributed by atoms with Crippen LogP contribution in [0.4, 0.5) is 6.01 Å². The Morgan fingerprint density at radius 2 is 2.17 bits per heavy atom. The van der Waals surface area contributed by atoms with Gasteiger partial charge in [-0.25, -0.2) is 0 Å². The van der Waals surface area contributed by atoms with E-state index in [1.807, 2.05) is 0 Å². The summed E-state index contributed by atoms with van der Waals surface area (Å²) in [5.41, 5.74) is 0. The number of nitrogens with zero attached hydrogens (tertiary/aromatic N) is 2. The predicted octanol–water partition coefficient (Wildman–Crippen LogP) is 0.395. The lowest BCUT2D eigenvalue weighted by molar-refractivity contribution is 0.0323. The average Bonchev–Trinajstić information content (AvgIpc) is 2.76. The highest BCUT2D eigenvalue weighted by molar-refractivity contribution is 5.21. The minimum atomic E-state index is 0.362. The normalized spacial score (nSPS) is 22.8. The molecule has 0 atom stereocenters. The van der Waals surface area contributed by atoms with E-state index < -0.39 is 0 Å². The van der Waals surface area contributed by atoms with Gasteiger partial charge in [0.15, 0.2) is 0 Å². The summed E-state index contributed by atoms with van der Waals surface area (Å²) in [6.45, 7) is 1.99. The Morgan fingerprint density at radius 1 is 1.33 bits per heavy atom. The molecule has 0 spiro atoms. The second kappa shape index (κ2) is 6.67. The molecule has 0 aliphatic heterocycles. The van der Waals surface area contributed by atoms with Gasteiger partial charge in [0.1, 0.15) is 0 Å². The fraction of sp³-hybridized carbons (Fsp3) is 0.818. The number of methoxy groups -OCH3 is 2. The molecule has 1 saturated carbocycles. The molecule has 2 N–H and O–H groups in total. The highest BCUT2D eigenvalue weighted by Crippen LogP contribution is 2.25. The molecule has 0 radical (unpaired) electrons. The van der Waals surface area contributed by atoms with E-state index in [0.717, 1.165) is 19.4 Å². The van der Waals surface area contributed by atoms with Gasteiger partial charge in [0.05, 0.1) is 19.3 Å². The summed E-state index contributed by atoms with van der Waals surface area (Å²) < 4.78 is 15.6. The van der Waals surface area contributed by atoms with E-state index in [0.29, 0.717) is 37.2 Å². The smallest absolute Gasteiger partial charge is 0.315 e. The molecule has 0 aromatic carbocycles. The Kier molecular flexibility index (Phi) is 4.91. The van der Waals surface area contributed by atoms with E-state index in [1.54, 1.807) is 14.2 Å².